The van der Waals surface area contributed by atoms with Gasteiger partial charge < -0.3 is 10.7 Å². The molecule has 3 rings (SSSR count). The summed E-state index contributed by atoms with van der Waals surface area (Å²) in [4.78, 5) is 4.69. The van der Waals surface area contributed by atoms with E-state index in [0.29, 0.717) is 12.4 Å². The molecule has 0 saturated heterocycles. The Morgan fingerprint density at radius 2 is 2.22 bits per heavy atom. The van der Waals surface area contributed by atoms with Crippen LogP contribution in [0.1, 0.15) is 17.3 Å². The summed E-state index contributed by atoms with van der Waals surface area (Å²) in [5.74, 6) is 0.625. The van der Waals surface area contributed by atoms with Crippen molar-refractivity contribution in [2.24, 2.45) is 12.8 Å². The first-order valence-corrected chi connectivity index (χ1v) is 5.79. The Morgan fingerprint density at radius 3 is 2.94 bits per heavy atom. The average molecular weight is 242 g/mol. The van der Waals surface area contributed by atoms with Crippen LogP contribution in [0.15, 0.2) is 30.5 Å². The van der Waals surface area contributed by atoms with E-state index >= 15 is 0 Å². The lowest BCUT2D eigenvalue weighted by Crippen LogP contribution is -2.15. The summed E-state index contributed by atoms with van der Waals surface area (Å²) < 4.78 is 0. The first-order chi connectivity index (χ1) is 8.79. The highest BCUT2D eigenvalue weighted by Gasteiger charge is 2.20. The predicted molar refractivity (Wildman–Crippen MR) is 68.0 cm³/mol. The molecule has 1 unspecified atom stereocenters. The molecule has 0 amide bonds. The molecule has 1 aromatic carbocycles. The van der Waals surface area contributed by atoms with E-state index in [1.54, 1.807) is 7.05 Å². The monoisotopic (exact) mass is 242 g/mol. The van der Waals surface area contributed by atoms with E-state index in [1.807, 2.05) is 24.4 Å². The first kappa shape index (κ1) is 10.9. The van der Waals surface area contributed by atoms with Crippen LogP contribution in [0.4, 0.5) is 0 Å². The summed E-state index contributed by atoms with van der Waals surface area (Å²) in [6.07, 6.45) is 1.97. The molecule has 6 heteroatoms. The van der Waals surface area contributed by atoms with E-state index in [9.17, 15) is 0 Å². The van der Waals surface area contributed by atoms with Crippen LogP contribution >= 0.6 is 0 Å². The summed E-state index contributed by atoms with van der Waals surface area (Å²) in [5.41, 5.74) is 8.07. The number of hydrogen-bond acceptors (Lipinski definition) is 4. The third-order valence-electron chi connectivity index (χ3n) is 3.07. The molecule has 6 nitrogen and oxygen atoms in total. The van der Waals surface area contributed by atoms with Gasteiger partial charge in [-0.2, -0.15) is 4.80 Å². The van der Waals surface area contributed by atoms with Crippen LogP contribution < -0.4 is 5.73 Å². The van der Waals surface area contributed by atoms with Crippen molar-refractivity contribution in [3.63, 3.8) is 0 Å². The zero-order valence-electron chi connectivity index (χ0n) is 10.0. The van der Waals surface area contributed by atoms with Crippen LogP contribution in [0.3, 0.4) is 0 Å². The fourth-order valence-electron chi connectivity index (χ4n) is 2.19. The lowest BCUT2D eigenvalue weighted by molar-refractivity contribution is 0.624. The quantitative estimate of drug-likeness (QED) is 0.710. The summed E-state index contributed by atoms with van der Waals surface area (Å²) in [6, 6.07) is 8.12. The average Bonchev–Trinajstić information content (AvgIpc) is 2.98. The summed E-state index contributed by atoms with van der Waals surface area (Å²) >= 11 is 0. The molecule has 2 aromatic heterocycles. The Balaban J connectivity index is 2.11. The lowest BCUT2D eigenvalue weighted by Gasteiger charge is -2.09. The Labute approximate surface area is 104 Å². The molecule has 1 atom stereocenters. The maximum absolute atomic E-state index is 5.87. The molecule has 3 aromatic rings. The summed E-state index contributed by atoms with van der Waals surface area (Å²) in [6.45, 7) is 0.452. The smallest absolute Gasteiger partial charge is 0.183 e. The van der Waals surface area contributed by atoms with Crippen molar-refractivity contribution in [1.29, 1.82) is 0 Å². The van der Waals surface area contributed by atoms with E-state index in [0.717, 1.165) is 16.5 Å². The van der Waals surface area contributed by atoms with Gasteiger partial charge in [0, 0.05) is 23.6 Å². The second-order valence-corrected chi connectivity index (χ2v) is 4.21. The zero-order valence-corrected chi connectivity index (χ0v) is 10.0. The molecule has 3 N–H and O–H groups in total. The van der Waals surface area contributed by atoms with E-state index < -0.39 is 0 Å². The van der Waals surface area contributed by atoms with Crippen LogP contribution in [0.25, 0.3) is 10.9 Å². The van der Waals surface area contributed by atoms with E-state index in [2.05, 4.69) is 26.5 Å². The fourth-order valence-corrected chi connectivity index (χ4v) is 2.19. The van der Waals surface area contributed by atoms with E-state index in [-0.39, 0.29) is 5.92 Å². The van der Waals surface area contributed by atoms with Crippen molar-refractivity contribution >= 4 is 10.9 Å². The second kappa shape index (κ2) is 4.23. The maximum atomic E-state index is 5.87. The largest absolute Gasteiger partial charge is 0.361 e. The maximum Gasteiger partial charge on any atom is 0.183 e. The molecule has 0 saturated carbocycles. The topological polar surface area (TPSA) is 85.4 Å². The van der Waals surface area contributed by atoms with E-state index in [1.165, 1.54) is 4.80 Å². The van der Waals surface area contributed by atoms with Gasteiger partial charge in [-0.05, 0) is 16.8 Å². The van der Waals surface area contributed by atoms with Gasteiger partial charge in [-0.25, -0.2) is 0 Å². The lowest BCUT2D eigenvalue weighted by atomic mass is 9.98. The Kier molecular flexibility index (Phi) is 2.56. The van der Waals surface area contributed by atoms with Crippen LogP contribution in [-0.4, -0.2) is 31.7 Å². The van der Waals surface area contributed by atoms with Crippen molar-refractivity contribution in [3.8, 4) is 0 Å². The third-order valence-corrected chi connectivity index (χ3v) is 3.07. The molecule has 0 spiro atoms. The molecular formula is C12H14N6. The van der Waals surface area contributed by atoms with Crippen LogP contribution in [0, 0.1) is 0 Å². The van der Waals surface area contributed by atoms with Gasteiger partial charge in [-0.1, -0.05) is 18.2 Å². The molecular weight excluding hydrogens is 228 g/mol. The number of nitrogens with zero attached hydrogens (tertiary/aromatic N) is 4. The molecule has 18 heavy (non-hydrogen) atoms. The Bertz CT molecular complexity index is 668. The zero-order chi connectivity index (χ0) is 12.5. The van der Waals surface area contributed by atoms with Crippen molar-refractivity contribution in [3.05, 3.63) is 41.9 Å². The van der Waals surface area contributed by atoms with Crippen molar-refractivity contribution in [1.82, 2.24) is 25.2 Å². The minimum Gasteiger partial charge on any atom is -0.361 e. The molecule has 0 aliphatic rings. The van der Waals surface area contributed by atoms with Crippen LogP contribution in [0.5, 0.6) is 0 Å². The highest BCUT2D eigenvalue weighted by Crippen LogP contribution is 2.27. The van der Waals surface area contributed by atoms with Gasteiger partial charge >= 0.3 is 0 Å². The number of aryl methyl sites for hydroxylation is 1. The van der Waals surface area contributed by atoms with Crippen molar-refractivity contribution < 1.29 is 0 Å². The predicted octanol–water partition coefficient (Wildman–Crippen LogP) is 0.782. The number of nitrogens with two attached hydrogens (primary N) is 1. The van der Waals surface area contributed by atoms with Gasteiger partial charge in [0.1, 0.15) is 0 Å². The number of fused-ring (bicyclic) bond motifs is 1. The van der Waals surface area contributed by atoms with Gasteiger partial charge in [0.2, 0.25) is 0 Å². The fraction of sp³-hybridized carbons (Fsp3) is 0.250. The van der Waals surface area contributed by atoms with Gasteiger partial charge in [0.25, 0.3) is 0 Å². The minimum absolute atomic E-state index is 0.0325. The van der Waals surface area contributed by atoms with Crippen LogP contribution in [0.2, 0.25) is 0 Å². The molecule has 2 heterocycles. The number of benzene rings is 1. The molecule has 92 valence electrons. The highest BCUT2D eigenvalue weighted by atomic mass is 15.6. The number of tetrazole rings is 1. The normalized spacial score (nSPS) is 13.0. The molecule has 0 aliphatic carbocycles. The summed E-state index contributed by atoms with van der Waals surface area (Å²) in [5, 5.41) is 13.3. The number of H-pyrrole nitrogens is 1. The van der Waals surface area contributed by atoms with E-state index in [4.69, 9.17) is 5.73 Å². The number of hydrogen-bond donors (Lipinski definition) is 2. The van der Waals surface area contributed by atoms with Crippen molar-refractivity contribution in [2.75, 3.05) is 6.54 Å². The third kappa shape index (κ3) is 1.67. The summed E-state index contributed by atoms with van der Waals surface area (Å²) in [7, 11) is 1.75. The number of rotatable bonds is 3. The van der Waals surface area contributed by atoms with Crippen LogP contribution in [-0.2, 0) is 7.05 Å². The van der Waals surface area contributed by atoms with Gasteiger partial charge in [-0.15, -0.1) is 10.2 Å². The van der Waals surface area contributed by atoms with Gasteiger partial charge in [0.05, 0.1) is 13.0 Å². The van der Waals surface area contributed by atoms with Crippen molar-refractivity contribution in [2.45, 2.75) is 5.92 Å². The number of aromatic amines is 1. The van der Waals surface area contributed by atoms with Gasteiger partial charge in [-0.3, -0.25) is 0 Å². The Morgan fingerprint density at radius 1 is 1.39 bits per heavy atom. The SMILES string of the molecule is Cn1nnc(C(CN)c2c[nH]c3ccccc23)n1. The van der Waals surface area contributed by atoms with Gasteiger partial charge in [0.15, 0.2) is 5.82 Å². The molecule has 0 radical (unpaired) electrons. The Hall–Kier alpha value is -2.21. The molecule has 0 fully saturated rings. The minimum atomic E-state index is -0.0325. The number of aromatic nitrogens is 5. The number of nitrogens with one attached hydrogen (secondary N) is 1. The molecule has 0 bridgehead atoms. The second-order valence-electron chi connectivity index (χ2n) is 4.21. The first-order valence-electron chi connectivity index (χ1n) is 5.79. The molecule has 0 aliphatic heterocycles. The number of para-hydroxylation sites is 1. The highest BCUT2D eigenvalue weighted by molar-refractivity contribution is 5.84. The standard InChI is InChI=1S/C12H14N6/c1-18-16-12(15-17-18)9(6-13)10-7-14-11-5-3-2-4-8(10)11/h2-5,7,9,14H,6,13H2,1H3.